The molecule has 0 heterocycles. The fourth-order valence-electron chi connectivity index (χ4n) is 2.84. The average Bonchev–Trinajstić information content (AvgIpc) is 2.72. The first-order valence-corrected chi connectivity index (χ1v) is 9.19. The quantitative estimate of drug-likeness (QED) is 0.493. The summed E-state index contributed by atoms with van der Waals surface area (Å²) < 4.78 is 0. The van der Waals surface area contributed by atoms with Crippen LogP contribution in [0.4, 0.5) is 5.69 Å². The second-order valence-electron chi connectivity index (χ2n) is 6.50. The number of benzene rings is 2. The zero-order chi connectivity index (χ0) is 21.2. The number of carbonyl (C=O) groups excluding carboxylic acids is 1. The molecule has 29 heavy (non-hydrogen) atoms. The third-order valence-corrected chi connectivity index (χ3v) is 4.43. The van der Waals surface area contributed by atoms with Crippen LogP contribution in [-0.4, -0.2) is 59.2 Å². The van der Waals surface area contributed by atoms with Gasteiger partial charge in [-0.2, -0.15) is 0 Å². The van der Waals surface area contributed by atoms with Crippen molar-refractivity contribution >= 4 is 23.5 Å². The summed E-state index contributed by atoms with van der Waals surface area (Å²) in [4.78, 5) is 35.4. The number of anilines is 1. The van der Waals surface area contributed by atoms with Crippen molar-refractivity contribution in [3.8, 4) is 0 Å². The maximum atomic E-state index is 12.7. The van der Waals surface area contributed by atoms with Gasteiger partial charge < -0.3 is 10.2 Å². The van der Waals surface area contributed by atoms with Gasteiger partial charge in [0.15, 0.2) is 0 Å². The highest BCUT2D eigenvalue weighted by molar-refractivity contribution is 5.85. The van der Waals surface area contributed by atoms with Crippen molar-refractivity contribution in [3.05, 3.63) is 66.2 Å². The monoisotopic (exact) mass is 399 g/mol. The lowest BCUT2D eigenvalue weighted by atomic mass is 10.1. The van der Waals surface area contributed by atoms with Gasteiger partial charge in [-0.15, -0.1) is 0 Å². The van der Waals surface area contributed by atoms with Gasteiger partial charge in [-0.05, 0) is 30.5 Å². The van der Waals surface area contributed by atoms with E-state index in [-0.39, 0.29) is 6.54 Å². The van der Waals surface area contributed by atoms with Crippen LogP contribution < -0.4 is 10.3 Å². The Labute approximate surface area is 169 Å². The maximum absolute atomic E-state index is 12.7. The highest BCUT2D eigenvalue weighted by Crippen LogP contribution is 2.14. The van der Waals surface area contributed by atoms with Crippen molar-refractivity contribution in [2.45, 2.75) is 18.9 Å². The van der Waals surface area contributed by atoms with E-state index in [1.807, 2.05) is 36.4 Å². The first kappa shape index (κ1) is 21.9. The molecule has 0 fully saturated rings. The van der Waals surface area contributed by atoms with Gasteiger partial charge >= 0.3 is 11.9 Å². The third kappa shape index (κ3) is 6.93. The summed E-state index contributed by atoms with van der Waals surface area (Å²) in [6.45, 7) is -0.829. The molecule has 8 nitrogen and oxygen atoms in total. The summed E-state index contributed by atoms with van der Waals surface area (Å²) >= 11 is 0. The molecule has 0 radical (unpaired) electrons. The number of aryl methyl sites for hydroxylation is 1. The van der Waals surface area contributed by atoms with E-state index >= 15 is 0 Å². The number of hydrogen-bond donors (Lipinski definition) is 3. The van der Waals surface area contributed by atoms with E-state index in [4.69, 9.17) is 5.11 Å². The predicted molar refractivity (Wildman–Crippen MR) is 108 cm³/mol. The van der Waals surface area contributed by atoms with E-state index in [9.17, 15) is 19.5 Å². The SMILES string of the molecule is CN(c1ccccc1)N(CC(=O)O)C(=O)CNC(CCc1ccccc1)C(=O)O. The average molecular weight is 399 g/mol. The molecule has 1 amide bonds. The molecular formula is C21H25N3O5. The first-order valence-electron chi connectivity index (χ1n) is 9.19. The van der Waals surface area contributed by atoms with Gasteiger partial charge in [0.25, 0.3) is 5.91 Å². The van der Waals surface area contributed by atoms with E-state index in [0.29, 0.717) is 18.5 Å². The van der Waals surface area contributed by atoms with E-state index in [2.05, 4.69) is 5.32 Å². The molecule has 1 atom stereocenters. The lowest BCUT2D eigenvalue weighted by Gasteiger charge is -2.32. The van der Waals surface area contributed by atoms with Gasteiger partial charge in [0.1, 0.15) is 12.6 Å². The van der Waals surface area contributed by atoms with Crippen molar-refractivity contribution in [1.82, 2.24) is 10.3 Å². The Morgan fingerprint density at radius 1 is 0.966 bits per heavy atom. The Hall–Kier alpha value is -3.39. The zero-order valence-corrected chi connectivity index (χ0v) is 16.2. The summed E-state index contributed by atoms with van der Waals surface area (Å²) in [6.07, 6.45) is 0.849. The smallest absolute Gasteiger partial charge is 0.325 e. The Morgan fingerprint density at radius 3 is 2.10 bits per heavy atom. The number of carbonyl (C=O) groups is 3. The molecular weight excluding hydrogens is 374 g/mol. The maximum Gasteiger partial charge on any atom is 0.325 e. The van der Waals surface area contributed by atoms with Gasteiger partial charge in [0.05, 0.1) is 12.2 Å². The molecule has 0 spiro atoms. The van der Waals surface area contributed by atoms with Crippen LogP contribution in [0.2, 0.25) is 0 Å². The molecule has 154 valence electrons. The van der Waals surface area contributed by atoms with Gasteiger partial charge in [-0.25, -0.2) is 5.01 Å². The standard InChI is InChI=1S/C21H25N3O5/c1-23(17-10-6-3-7-11-17)24(15-20(26)27)19(25)14-22-18(21(28)29)13-12-16-8-4-2-5-9-16/h2-11,18,22H,12-15H2,1H3,(H,26,27)(H,28,29). The minimum absolute atomic E-state index is 0.295. The fraction of sp³-hybridized carbons (Fsp3) is 0.286. The molecule has 0 bridgehead atoms. The summed E-state index contributed by atoms with van der Waals surface area (Å²) in [5, 5.41) is 23.9. The summed E-state index contributed by atoms with van der Waals surface area (Å²) in [5.41, 5.74) is 1.64. The van der Waals surface area contributed by atoms with Gasteiger partial charge in [0.2, 0.25) is 0 Å². The lowest BCUT2D eigenvalue weighted by Crippen LogP contribution is -2.52. The second kappa shape index (κ2) is 10.8. The minimum Gasteiger partial charge on any atom is -0.480 e. The number of para-hydroxylation sites is 1. The summed E-state index contributed by atoms with van der Waals surface area (Å²) in [7, 11) is 1.58. The Kier molecular flexibility index (Phi) is 8.17. The molecule has 0 aromatic heterocycles. The van der Waals surface area contributed by atoms with Gasteiger partial charge in [-0.1, -0.05) is 48.5 Å². The van der Waals surface area contributed by atoms with Crippen molar-refractivity contribution < 1.29 is 24.6 Å². The molecule has 3 N–H and O–H groups in total. The third-order valence-electron chi connectivity index (χ3n) is 4.43. The lowest BCUT2D eigenvalue weighted by molar-refractivity contribution is -0.145. The van der Waals surface area contributed by atoms with Crippen LogP contribution in [0.15, 0.2) is 60.7 Å². The van der Waals surface area contributed by atoms with E-state index in [0.717, 1.165) is 10.6 Å². The van der Waals surface area contributed by atoms with E-state index < -0.39 is 30.4 Å². The number of hydrogen-bond acceptors (Lipinski definition) is 5. The van der Waals surface area contributed by atoms with Crippen LogP contribution in [0, 0.1) is 0 Å². The first-order chi connectivity index (χ1) is 13.9. The molecule has 0 aliphatic carbocycles. The number of hydrazine groups is 1. The predicted octanol–water partition coefficient (Wildman–Crippen LogP) is 1.63. The molecule has 0 aliphatic rings. The number of aliphatic carboxylic acids is 2. The number of nitrogens with zero attached hydrogens (tertiary/aromatic N) is 2. The Balaban J connectivity index is 2.00. The molecule has 0 aliphatic heterocycles. The topological polar surface area (TPSA) is 110 Å². The van der Waals surface area contributed by atoms with Crippen molar-refractivity contribution in [2.75, 3.05) is 25.1 Å². The number of nitrogens with one attached hydrogen (secondary N) is 1. The molecule has 1 unspecified atom stereocenters. The minimum atomic E-state index is -1.17. The molecule has 2 aromatic rings. The molecule has 8 heteroatoms. The largest absolute Gasteiger partial charge is 0.480 e. The number of carboxylic acids is 2. The molecule has 2 aromatic carbocycles. The van der Waals surface area contributed by atoms with Crippen LogP contribution in [0.5, 0.6) is 0 Å². The number of carboxylic acid groups (broad SMARTS) is 2. The Morgan fingerprint density at radius 2 is 1.55 bits per heavy atom. The second-order valence-corrected chi connectivity index (χ2v) is 6.50. The zero-order valence-electron chi connectivity index (χ0n) is 16.2. The van der Waals surface area contributed by atoms with Gasteiger partial charge in [-0.3, -0.25) is 24.7 Å². The number of amides is 1. The summed E-state index contributed by atoms with van der Waals surface area (Å²) in [6, 6.07) is 17.4. The number of rotatable bonds is 11. The van der Waals surface area contributed by atoms with Crippen LogP contribution >= 0.6 is 0 Å². The normalized spacial score (nSPS) is 11.5. The Bertz CT molecular complexity index is 814. The molecule has 0 saturated carbocycles. The molecule has 0 saturated heterocycles. The van der Waals surface area contributed by atoms with E-state index in [1.165, 1.54) is 5.01 Å². The van der Waals surface area contributed by atoms with Crippen LogP contribution in [0.3, 0.4) is 0 Å². The van der Waals surface area contributed by atoms with Crippen molar-refractivity contribution in [3.63, 3.8) is 0 Å². The van der Waals surface area contributed by atoms with Crippen LogP contribution in [-0.2, 0) is 20.8 Å². The molecule has 2 rings (SSSR count). The highest BCUT2D eigenvalue weighted by Gasteiger charge is 2.24. The van der Waals surface area contributed by atoms with Crippen LogP contribution in [0.25, 0.3) is 0 Å². The van der Waals surface area contributed by atoms with Crippen molar-refractivity contribution in [1.29, 1.82) is 0 Å². The fourth-order valence-corrected chi connectivity index (χ4v) is 2.84. The van der Waals surface area contributed by atoms with Crippen molar-refractivity contribution in [2.24, 2.45) is 0 Å². The van der Waals surface area contributed by atoms with Crippen LogP contribution in [0.1, 0.15) is 12.0 Å². The van der Waals surface area contributed by atoms with E-state index in [1.54, 1.807) is 31.3 Å². The highest BCUT2D eigenvalue weighted by atomic mass is 16.4. The summed E-state index contributed by atoms with van der Waals surface area (Å²) in [5.74, 6) is -2.76. The van der Waals surface area contributed by atoms with Gasteiger partial charge in [0, 0.05) is 7.05 Å².